The summed E-state index contributed by atoms with van der Waals surface area (Å²) in [5, 5.41) is 8.65. The molecule has 2 nitrogen and oxygen atoms in total. The average Bonchev–Trinajstić information content (AvgIpc) is 2.08. The maximum atomic E-state index is 8.65. The maximum absolute atomic E-state index is 8.65. The molecule has 0 saturated heterocycles. The van der Waals surface area contributed by atoms with E-state index in [2.05, 4.69) is 26.0 Å². The van der Waals surface area contributed by atoms with Crippen molar-refractivity contribution in [3.63, 3.8) is 0 Å². The summed E-state index contributed by atoms with van der Waals surface area (Å²) in [7, 11) is 0. The molecule has 15 heavy (non-hydrogen) atoms. The maximum Gasteiger partial charge on any atom is 0.120 e. The fraction of sp³-hybridized carbons (Fsp3) is 0.462. The molecule has 1 aromatic carbocycles. The minimum Gasteiger partial charge on any atom is -0.490 e. The molecule has 0 aromatic heterocycles. The molecule has 0 N–H and O–H groups in total. The zero-order chi connectivity index (χ0) is 10.8. The van der Waals surface area contributed by atoms with Crippen LogP contribution < -0.4 is 4.74 Å². The second kappa shape index (κ2) is 3.94. The van der Waals surface area contributed by atoms with Gasteiger partial charge in [-0.1, -0.05) is 6.07 Å². The fourth-order valence-electron chi connectivity index (χ4n) is 1.96. The lowest BCUT2D eigenvalue weighted by Crippen LogP contribution is -2.32. The van der Waals surface area contributed by atoms with Gasteiger partial charge in [-0.15, -0.1) is 0 Å². The number of hydrogen-bond donors (Lipinski definition) is 0. The molecular weight excluding hydrogens is 186 g/mol. The van der Waals surface area contributed by atoms with Crippen LogP contribution in [0.15, 0.2) is 18.2 Å². The second-order valence-corrected chi connectivity index (χ2v) is 4.36. The fourth-order valence-corrected chi connectivity index (χ4v) is 1.96. The van der Waals surface area contributed by atoms with E-state index in [0.717, 1.165) is 18.6 Å². The Labute approximate surface area is 90.5 Å². The standard InChI is InChI=1S/C13H15NO/c1-9-3-10(2)5-12(4-9)15-13-6-11(7-13)8-14/h3-5,11,13H,6-7H2,1-2H3. The Bertz CT molecular complexity index is 379. The van der Waals surface area contributed by atoms with Gasteiger partial charge < -0.3 is 4.74 Å². The Morgan fingerprint density at radius 3 is 2.33 bits per heavy atom. The van der Waals surface area contributed by atoms with Crippen molar-refractivity contribution in [1.29, 1.82) is 5.26 Å². The number of rotatable bonds is 2. The molecule has 2 heteroatoms. The zero-order valence-corrected chi connectivity index (χ0v) is 9.16. The van der Waals surface area contributed by atoms with Crippen LogP contribution in [0.4, 0.5) is 0 Å². The number of aryl methyl sites for hydroxylation is 2. The van der Waals surface area contributed by atoms with E-state index in [-0.39, 0.29) is 12.0 Å². The summed E-state index contributed by atoms with van der Waals surface area (Å²) in [5.41, 5.74) is 2.45. The van der Waals surface area contributed by atoms with Crippen molar-refractivity contribution in [2.24, 2.45) is 5.92 Å². The highest BCUT2D eigenvalue weighted by atomic mass is 16.5. The number of ether oxygens (including phenoxy) is 1. The third-order valence-electron chi connectivity index (χ3n) is 2.78. The normalized spacial score (nSPS) is 24.1. The third-order valence-corrected chi connectivity index (χ3v) is 2.78. The van der Waals surface area contributed by atoms with Crippen LogP contribution in [0.3, 0.4) is 0 Å². The van der Waals surface area contributed by atoms with Gasteiger partial charge in [-0.2, -0.15) is 5.26 Å². The molecule has 78 valence electrons. The molecular formula is C13H15NO. The van der Waals surface area contributed by atoms with Crippen molar-refractivity contribution >= 4 is 0 Å². The lowest BCUT2D eigenvalue weighted by Gasteiger charge is -2.31. The Balaban J connectivity index is 1.98. The van der Waals surface area contributed by atoms with Crippen LogP contribution in [0.5, 0.6) is 5.75 Å². The highest BCUT2D eigenvalue weighted by Gasteiger charge is 2.30. The van der Waals surface area contributed by atoms with Crippen LogP contribution in [0.1, 0.15) is 24.0 Å². The van der Waals surface area contributed by atoms with Gasteiger partial charge in [0.1, 0.15) is 11.9 Å². The molecule has 0 bridgehead atoms. The van der Waals surface area contributed by atoms with E-state index in [4.69, 9.17) is 10.00 Å². The summed E-state index contributed by atoms with van der Waals surface area (Å²) < 4.78 is 5.79. The van der Waals surface area contributed by atoms with Crippen molar-refractivity contribution < 1.29 is 4.74 Å². The van der Waals surface area contributed by atoms with Crippen LogP contribution in [0.2, 0.25) is 0 Å². The van der Waals surface area contributed by atoms with Crippen LogP contribution in [0.25, 0.3) is 0 Å². The summed E-state index contributed by atoms with van der Waals surface area (Å²) in [4.78, 5) is 0. The van der Waals surface area contributed by atoms with Crippen LogP contribution in [-0.4, -0.2) is 6.10 Å². The highest BCUT2D eigenvalue weighted by molar-refractivity contribution is 5.33. The number of benzene rings is 1. The lowest BCUT2D eigenvalue weighted by molar-refractivity contribution is 0.0892. The summed E-state index contributed by atoms with van der Waals surface area (Å²) >= 11 is 0. The average molecular weight is 201 g/mol. The first-order valence-electron chi connectivity index (χ1n) is 5.32. The summed E-state index contributed by atoms with van der Waals surface area (Å²) in [6, 6.07) is 8.49. The van der Waals surface area contributed by atoms with Crippen molar-refractivity contribution in [2.75, 3.05) is 0 Å². The van der Waals surface area contributed by atoms with Crippen LogP contribution in [-0.2, 0) is 0 Å². The first kappa shape index (κ1) is 10.0. The molecule has 1 aliphatic rings. The lowest BCUT2D eigenvalue weighted by atomic mass is 9.83. The molecule has 0 aliphatic heterocycles. The SMILES string of the molecule is Cc1cc(C)cc(OC2CC(C#N)C2)c1. The minimum absolute atomic E-state index is 0.209. The molecule has 2 rings (SSSR count). The van der Waals surface area contributed by atoms with E-state index in [1.165, 1.54) is 11.1 Å². The Kier molecular flexibility index (Phi) is 2.64. The number of nitrogens with zero attached hydrogens (tertiary/aromatic N) is 1. The highest BCUT2D eigenvalue weighted by Crippen LogP contribution is 2.31. The molecule has 1 aliphatic carbocycles. The number of nitriles is 1. The van der Waals surface area contributed by atoms with Gasteiger partial charge in [0.2, 0.25) is 0 Å². The van der Waals surface area contributed by atoms with E-state index < -0.39 is 0 Å². The monoisotopic (exact) mass is 201 g/mol. The van der Waals surface area contributed by atoms with Gasteiger partial charge in [0.15, 0.2) is 0 Å². The van der Waals surface area contributed by atoms with E-state index in [1.807, 2.05) is 12.1 Å². The molecule has 1 aromatic rings. The molecule has 0 atom stereocenters. The third kappa shape index (κ3) is 2.30. The smallest absolute Gasteiger partial charge is 0.120 e. The Morgan fingerprint density at radius 1 is 1.20 bits per heavy atom. The summed E-state index contributed by atoms with van der Waals surface area (Å²) in [6.45, 7) is 4.14. The Hall–Kier alpha value is -1.49. The van der Waals surface area contributed by atoms with Crippen LogP contribution >= 0.6 is 0 Å². The van der Waals surface area contributed by atoms with Gasteiger partial charge in [-0.3, -0.25) is 0 Å². The molecule has 0 amide bonds. The van der Waals surface area contributed by atoms with Crippen LogP contribution in [0, 0.1) is 31.1 Å². The van der Waals surface area contributed by atoms with Crippen molar-refractivity contribution in [3.05, 3.63) is 29.3 Å². The predicted octanol–water partition coefficient (Wildman–Crippen LogP) is 2.98. The zero-order valence-electron chi connectivity index (χ0n) is 9.16. The summed E-state index contributed by atoms with van der Waals surface area (Å²) in [6.07, 6.45) is 2.00. The molecule has 1 saturated carbocycles. The van der Waals surface area contributed by atoms with E-state index in [0.29, 0.717) is 0 Å². The Morgan fingerprint density at radius 2 is 1.80 bits per heavy atom. The minimum atomic E-state index is 0.209. The molecule has 1 fully saturated rings. The van der Waals surface area contributed by atoms with E-state index in [9.17, 15) is 0 Å². The van der Waals surface area contributed by atoms with Crippen molar-refractivity contribution in [3.8, 4) is 11.8 Å². The first-order valence-corrected chi connectivity index (χ1v) is 5.32. The van der Waals surface area contributed by atoms with Gasteiger partial charge in [-0.05, 0) is 37.1 Å². The molecule has 0 spiro atoms. The molecule has 0 unspecified atom stereocenters. The summed E-state index contributed by atoms with van der Waals surface area (Å²) in [5.74, 6) is 1.15. The largest absolute Gasteiger partial charge is 0.490 e. The molecule has 0 heterocycles. The van der Waals surface area contributed by atoms with E-state index in [1.54, 1.807) is 0 Å². The van der Waals surface area contributed by atoms with Gasteiger partial charge in [0.25, 0.3) is 0 Å². The van der Waals surface area contributed by atoms with E-state index >= 15 is 0 Å². The van der Waals surface area contributed by atoms with Gasteiger partial charge in [0, 0.05) is 12.8 Å². The quantitative estimate of drug-likeness (QED) is 0.737. The predicted molar refractivity (Wildman–Crippen MR) is 58.7 cm³/mol. The van der Waals surface area contributed by atoms with Gasteiger partial charge in [0.05, 0.1) is 12.0 Å². The molecule has 0 radical (unpaired) electrons. The van der Waals surface area contributed by atoms with Gasteiger partial charge in [-0.25, -0.2) is 0 Å². The van der Waals surface area contributed by atoms with Gasteiger partial charge >= 0.3 is 0 Å². The first-order chi connectivity index (χ1) is 7.17. The van der Waals surface area contributed by atoms with Crippen molar-refractivity contribution in [1.82, 2.24) is 0 Å². The number of hydrogen-bond acceptors (Lipinski definition) is 2. The second-order valence-electron chi connectivity index (χ2n) is 4.36. The topological polar surface area (TPSA) is 33.0 Å². The van der Waals surface area contributed by atoms with Crippen molar-refractivity contribution in [2.45, 2.75) is 32.8 Å².